The maximum atomic E-state index is 12.4. The summed E-state index contributed by atoms with van der Waals surface area (Å²) < 4.78 is 31.2. The lowest BCUT2D eigenvalue weighted by Crippen LogP contribution is -2.35. The Morgan fingerprint density at radius 2 is 2.21 bits per heavy atom. The minimum absolute atomic E-state index is 0.0475. The Morgan fingerprint density at radius 3 is 2.79 bits per heavy atom. The van der Waals surface area contributed by atoms with E-state index in [4.69, 9.17) is 4.74 Å². The third-order valence-corrected chi connectivity index (χ3v) is 4.91. The molecule has 104 valence electrons. The number of sulfonamides is 1. The van der Waals surface area contributed by atoms with E-state index in [-0.39, 0.29) is 10.6 Å². The molecule has 5 nitrogen and oxygen atoms in total. The van der Waals surface area contributed by atoms with Crippen LogP contribution in [0, 0.1) is 0 Å². The number of hydrogen-bond acceptors (Lipinski definition) is 4. The molecular formula is C13H17NO4S. The standard InChI is InChI=1S/C13H17NO4S/c1-18-10-11-5-7-14(8-6-11)19(16,17)13-4-2-3-12(15)9-13/h2-5,9,15H,6-8,10H2,1H3. The second-order valence-corrected chi connectivity index (χ2v) is 6.34. The molecule has 2 rings (SSSR count). The quantitative estimate of drug-likeness (QED) is 0.847. The number of phenolic OH excluding ortho intramolecular Hbond substituents is 1. The van der Waals surface area contributed by atoms with E-state index in [1.54, 1.807) is 7.11 Å². The molecule has 0 aliphatic carbocycles. The lowest BCUT2D eigenvalue weighted by atomic mass is 10.1. The summed E-state index contributed by atoms with van der Waals surface area (Å²) in [7, 11) is -1.91. The van der Waals surface area contributed by atoms with Gasteiger partial charge in [0.1, 0.15) is 5.75 Å². The Kier molecular flexibility index (Phi) is 4.24. The molecule has 0 unspecified atom stereocenters. The van der Waals surface area contributed by atoms with Gasteiger partial charge in [0.2, 0.25) is 10.0 Å². The van der Waals surface area contributed by atoms with Gasteiger partial charge in [-0.15, -0.1) is 0 Å². The van der Waals surface area contributed by atoms with Gasteiger partial charge in [-0.2, -0.15) is 4.31 Å². The summed E-state index contributed by atoms with van der Waals surface area (Å²) in [6.07, 6.45) is 2.55. The highest BCUT2D eigenvalue weighted by Crippen LogP contribution is 2.23. The van der Waals surface area contributed by atoms with Crippen molar-refractivity contribution in [3.05, 3.63) is 35.9 Å². The Balaban J connectivity index is 2.18. The molecule has 0 amide bonds. The average Bonchev–Trinajstić information content (AvgIpc) is 2.40. The summed E-state index contributed by atoms with van der Waals surface area (Å²) >= 11 is 0. The van der Waals surface area contributed by atoms with Crippen LogP contribution >= 0.6 is 0 Å². The Bertz CT molecular complexity index is 580. The first kappa shape index (κ1) is 14.0. The van der Waals surface area contributed by atoms with E-state index >= 15 is 0 Å². The maximum Gasteiger partial charge on any atom is 0.243 e. The predicted octanol–water partition coefficient (Wildman–Crippen LogP) is 1.36. The zero-order chi connectivity index (χ0) is 13.9. The van der Waals surface area contributed by atoms with Gasteiger partial charge in [-0.1, -0.05) is 12.1 Å². The SMILES string of the molecule is COCC1=CCN(S(=O)(=O)c2cccc(O)c2)CC1. The smallest absolute Gasteiger partial charge is 0.243 e. The van der Waals surface area contributed by atoms with Gasteiger partial charge in [0, 0.05) is 20.2 Å². The van der Waals surface area contributed by atoms with E-state index in [1.807, 2.05) is 6.08 Å². The van der Waals surface area contributed by atoms with Crippen LogP contribution in [0.5, 0.6) is 5.75 Å². The summed E-state index contributed by atoms with van der Waals surface area (Å²) in [6, 6.07) is 5.73. The van der Waals surface area contributed by atoms with Gasteiger partial charge in [-0.25, -0.2) is 8.42 Å². The molecule has 0 radical (unpaired) electrons. The number of ether oxygens (including phenoxy) is 1. The van der Waals surface area contributed by atoms with E-state index < -0.39 is 10.0 Å². The molecule has 1 heterocycles. The largest absolute Gasteiger partial charge is 0.508 e. The predicted molar refractivity (Wildman–Crippen MR) is 71.4 cm³/mol. The number of rotatable bonds is 4. The molecule has 19 heavy (non-hydrogen) atoms. The molecule has 1 aromatic rings. The lowest BCUT2D eigenvalue weighted by molar-refractivity contribution is 0.219. The van der Waals surface area contributed by atoms with Gasteiger partial charge in [-0.3, -0.25) is 0 Å². The zero-order valence-electron chi connectivity index (χ0n) is 10.7. The fraction of sp³-hybridized carbons (Fsp3) is 0.385. The van der Waals surface area contributed by atoms with Crippen molar-refractivity contribution < 1.29 is 18.3 Å². The summed E-state index contributed by atoms with van der Waals surface area (Å²) in [5.41, 5.74) is 1.12. The first-order valence-electron chi connectivity index (χ1n) is 6.00. The Labute approximate surface area is 113 Å². The molecule has 0 fully saturated rings. The summed E-state index contributed by atoms with van der Waals surface area (Å²) in [5, 5.41) is 9.38. The number of methoxy groups -OCH3 is 1. The van der Waals surface area contributed by atoms with Gasteiger partial charge in [-0.05, 0) is 30.2 Å². The molecule has 1 aromatic carbocycles. The molecule has 1 aliphatic rings. The van der Waals surface area contributed by atoms with Gasteiger partial charge < -0.3 is 9.84 Å². The van der Waals surface area contributed by atoms with Gasteiger partial charge in [0.05, 0.1) is 11.5 Å². The van der Waals surface area contributed by atoms with Gasteiger partial charge >= 0.3 is 0 Å². The van der Waals surface area contributed by atoms with E-state index in [1.165, 1.54) is 28.6 Å². The summed E-state index contributed by atoms with van der Waals surface area (Å²) in [5.74, 6) is -0.0475. The topological polar surface area (TPSA) is 66.8 Å². The molecule has 0 saturated carbocycles. The molecular weight excluding hydrogens is 266 g/mol. The molecule has 1 aliphatic heterocycles. The summed E-state index contributed by atoms with van der Waals surface area (Å²) in [6.45, 7) is 1.32. The first-order chi connectivity index (χ1) is 9.04. The van der Waals surface area contributed by atoms with Gasteiger partial charge in [0.15, 0.2) is 0 Å². The summed E-state index contributed by atoms with van der Waals surface area (Å²) in [4.78, 5) is 0.121. The Hall–Kier alpha value is -1.37. The van der Waals surface area contributed by atoms with Gasteiger partial charge in [0.25, 0.3) is 0 Å². The minimum atomic E-state index is -3.53. The van der Waals surface area contributed by atoms with Crippen LogP contribution < -0.4 is 0 Å². The maximum absolute atomic E-state index is 12.4. The number of phenols is 1. The minimum Gasteiger partial charge on any atom is -0.508 e. The molecule has 0 spiro atoms. The molecule has 1 N–H and O–H groups in total. The molecule has 0 bridgehead atoms. The Morgan fingerprint density at radius 1 is 1.42 bits per heavy atom. The average molecular weight is 283 g/mol. The van der Waals surface area contributed by atoms with Crippen LogP contribution in [0.2, 0.25) is 0 Å². The molecule has 0 atom stereocenters. The third-order valence-electron chi connectivity index (χ3n) is 3.05. The van der Waals surface area contributed by atoms with Crippen LogP contribution in [0.3, 0.4) is 0 Å². The van der Waals surface area contributed by atoms with Crippen LogP contribution in [0.1, 0.15) is 6.42 Å². The first-order valence-corrected chi connectivity index (χ1v) is 7.44. The normalized spacial score (nSPS) is 17.2. The van der Waals surface area contributed by atoms with Crippen molar-refractivity contribution in [1.29, 1.82) is 0 Å². The molecule has 0 aromatic heterocycles. The van der Waals surface area contributed by atoms with Crippen LogP contribution in [0.25, 0.3) is 0 Å². The highest BCUT2D eigenvalue weighted by Gasteiger charge is 2.26. The second-order valence-electron chi connectivity index (χ2n) is 4.41. The monoisotopic (exact) mass is 283 g/mol. The number of nitrogens with zero attached hydrogens (tertiary/aromatic N) is 1. The van der Waals surface area contributed by atoms with Crippen LogP contribution in [0.4, 0.5) is 0 Å². The van der Waals surface area contributed by atoms with Crippen molar-refractivity contribution in [3.63, 3.8) is 0 Å². The van der Waals surface area contributed by atoms with Crippen LogP contribution in [0.15, 0.2) is 40.8 Å². The van der Waals surface area contributed by atoms with E-state index in [0.717, 1.165) is 5.57 Å². The van der Waals surface area contributed by atoms with Crippen molar-refractivity contribution in [2.75, 3.05) is 26.8 Å². The van der Waals surface area contributed by atoms with Crippen molar-refractivity contribution in [3.8, 4) is 5.75 Å². The number of aromatic hydroxyl groups is 1. The molecule has 6 heteroatoms. The highest BCUT2D eigenvalue weighted by atomic mass is 32.2. The van der Waals surface area contributed by atoms with Crippen LogP contribution in [-0.2, 0) is 14.8 Å². The number of hydrogen-bond donors (Lipinski definition) is 1. The van der Waals surface area contributed by atoms with Crippen molar-refractivity contribution in [2.45, 2.75) is 11.3 Å². The van der Waals surface area contributed by atoms with Crippen molar-refractivity contribution >= 4 is 10.0 Å². The lowest BCUT2D eigenvalue weighted by Gasteiger charge is -2.25. The molecule has 0 saturated heterocycles. The highest BCUT2D eigenvalue weighted by molar-refractivity contribution is 7.89. The zero-order valence-corrected chi connectivity index (χ0v) is 11.6. The fourth-order valence-electron chi connectivity index (χ4n) is 2.02. The third kappa shape index (κ3) is 3.15. The van der Waals surface area contributed by atoms with E-state index in [2.05, 4.69) is 0 Å². The van der Waals surface area contributed by atoms with Crippen molar-refractivity contribution in [1.82, 2.24) is 4.31 Å². The second kappa shape index (κ2) is 5.73. The van der Waals surface area contributed by atoms with E-state index in [0.29, 0.717) is 26.1 Å². The fourth-order valence-corrected chi connectivity index (χ4v) is 3.44. The van der Waals surface area contributed by atoms with Crippen LogP contribution in [-0.4, -0.2) is 44.6 Å². The number of benzene rings is 1. The van der Waals surface area contributed by atoms with E-state index in [9.17, 15) is 13.5 Å². The van der Waals surface area contributed by atoms with Crippen molar-refractivity contribution in [2.24, 2.45) is 0 Å².